The molecule has 3 fully saturated rings. The van der Waals surface area contributed by atoms with Crippen molar-refractivity contribution in [3.05, 3.63) is 107 Å². The second kappa shape index (κ2) is 48.0. The molecule has 11 rings (SSSR count). The number of nitrogens with one attached hydrogen (secondary N) is 7. The van der Waals surface area contributed by atoms with Crippen molar-refractivity contribution >= 4 is 217 Å². The van der Waals surface area contributed by atoms with Crippen LogP contribution in [0.25, 0.3) is 10.7 Å². The molecule has 0 aromatic carbocycles. The molecular formula is C66H99B3Br3Cl3N14O18S8. The summed E-state index contributed by atoms with van der Waals surface area (Å²) in [5.74, 6) is 3.86. The van der Waals surface area contributed by atoms with Crippen molar-refractivity contribution in [3.63, 3.8) is 0 Å². The van der Waals surface area contributed by atoms with Gasteiger partial charge in [0, 0.05) is 121 Å². The minimum Gasteiger partial charge on any atom is -0.399 e. The molecule has 8 aromatic heterocycles. The first-order valence-corrected chi connectivity index (χ1v) is 47.6. The summed E-state index contributed by atoms with van der Waals surface area (Å²) in [6.45, 7) is 23.5. The van der Waals surface area contributed by atoms with Crippen LogP contribution in [0.3, 0.4) is 0 Å². The molecule has 0 spiro atoms. The minimum absolute atomic E-state index is 0.168. The van der Waals surface area contributed by atoms with Crippen molar-refractivity contribution in [2.75, 3.05) is 91.7 Å². The molecule has 0 atom stereocenters. The number of aromatic amines is 2. The van der Waals surface area contributed by atoms with E-state index in [0.717, 1.165) is 63.6 Å². The fourth-order valence-corrected chi connectivity index (χ4v) is 18.5. The third kappa shape index (κ3) is 37.1. The van der Waals surface area contributed by atoms with Crippen LogP contribution in [0.4, 0.5) is 23.3 Å². The molecule has 8 aromatic rings. The van der Waals surface area contributed by atoms with Crippen molar-refractivity contribution in [1.29, 1.82) is 0 Å². The average Bonchev–Trinajstić information content (AvgIpc) is 1.65. The van der Waals surface area contributed by atoms with Crippen LogP contribution >= 0.6 is 127 Å². The SMILES string of the molecule is CC(C)(O)C(C)(C)O.CC(C)(O)C(C)(C)O.COCCN.COCCNS(=O)(=O)c1ccc(-c2ncc(Cl)c(Nc3cc(C4CC4)[nH]n3)n2)s1.COCCNS(=O)(=O)c1ccc(B2OC(C)(C)C(C)(C)O2)s1.COCCNS(=O)(=O)c1ccc(Br)s1.Clc1cnc(Br)nc1Nc1cc(C2CC2)[nH]n1.O=S(=O)(Cl)c1ccc(Br)s1.[B][B]. The molecule has 9 heterocycles. The van der Waals surface area contributed by atoms with E-state index in [0.29, 0.717) is 92.0 Å². The molecule has 13 N–H and O–H groups in total. The largest absolute Gasteiger partial charge is 0.505 e. The third-order valence-electron chi connectivity index (χ3n) is 16.3. The van der Waals surface area contributed by atoms with Crippen LogP contribution < -0.4 is 35.3 Å². The van der Waals surface area contributed by atoms with Crippen LogP contribution in [0, 0.1) is 0 Å². The Morgan fingerprint density at radius 1 is 0.557 bits per heavy atom. The Morgan fingerprint density at radius 2 is 0.913 bits per heavy atom. The van der Waals surface area contributed by atoms with E-state index in [4.69, 9.17) is 83.6 Å². The zero-order chi connectivity index (χ0) is 87.4. The summed E-state index contributed by atoms with van der Waals surface area (Å²) in [5.41, 5.74) is 2.35. The van der Waals surface area contributed by atoms with E-state index in [2.05, 4.69) is 133 Å². The molecule has 0 unspecified atom stereocenters. The number of ether oxygens (including phenoxy) is 4. The zero-order valence-electron chi connectivity index (χ0n) is 66.1. The summed E-state index contributed by atoms with van der Waals surface area (Å²) < 4.78 is 135. The molecule has 0 amide bonds. The smallest absolute Gasteiger partial charge is 0.399 e. The lowest BCUT2D eigenvalue weighted by Gasteiger charge is -2.32. The maximum atomic E-state index is 12.3. The van der Waals surface area contributed by atoms with E-state index >= 15 is 0 Å². The summed E-state index contributed by atoms with van der Waals surface area (Å²) in [6, 6.07) is 16.8. The fraction of sp³-hybridized carbons (Fsp3) is 0.545. The van der Waals surface area contributed by atoms with Crippen LogP contribution in [0.2, 0.25) is 10.0 Å². The van der Waals surface area contributed by atoms with Gasteiger partial charge in [-0.1, -0.05) is 29.3 Å². The molecule has 640 valence electrons. The average molecular weight is 2010 g/mol. The third-order valence-corrected chi connectivity index (χ3v) is 30.6. The van der Waals surface area contributed by atoms with Gasteiger partial charge in [-0.3, -0.25) is 10.2 Å². The van der Waals surface area contributed by atoms with E-state index in [1.807, 2.05) is 39.8 Å². The lowest BCUT2D eigenvalue weighted by molar-refractivity contribution is -0.107. The van der Waals surface area contributed by atoms with Gasteiger partial charge in [0.1, 0.15) is 26.9 Å². The molecule has 0 bridgehead atoms. The van der Waals surface area contributed by atoms with E-state index in [1.54, 1.807) is 98.9 Å². The highest BCUT2D eigenvalue weighted by Gasteiger charge is 2.52. The number of nitrogens with zero attached hydrogens (tertiary/aromatic N) is 6. The van der Waals surface area contributed by atoms with Crippen LogP contribution in [-0.4, -0.2) is 232 Å². The predicted molar refractivity (Wildman–Crippen MR) is 469 cm³/mol. The van der Waals surface area contributed by atoms with Gasteiger partial charge >= 0.3 is 7.12 Å². The summed E-state index contributed by atoms with van der Waals surface area (Å²) in [7, 11) is 4.68. The molecule has 1 saturated heterocycles. The van der Waals surface area contributed by atoms with Crippen molar-refractivity contribution in [1.82, 2.24) is 54.5 Å². The number of anilines is 4. The van der Waals surface area contributed by atoms with Crippen LogP contribution in [0.1, 0.15) is 132 Å². The standard InChI is InChI=1S/C17H19ClN6O3S2.C13H22BNO5S2.C10H9BrClN5.C7H10BrNO3S2.2C6H14O2.C4H2BrClO2S2.C3H9NO.B2/c1-27-7-6-20-29(25,26)15-5-4-13(28-15)17-19-9-11(18)16(22-17)21-14-8-12(23-24-14)10-2-3-10;1-12(2)13(3,4)20-14(19-12)10-6-7-11(21-10)22(16,17)15-8-9-18-5;11-10-13-4-6(12)9(15-10)14-8-3-7(16-17-8)5-1-2-5;1-12-5-4-9-14(10,11)7-3-2-6(8)13-7;2*1-5(2,7)6(3,4)8;5-3-1-2-4(9-3)10(6,7)8;1-5-3-2-4;1-2/h4-5,8-10,20H,2-3,6-7H2,1H3,(H2,19,21,22,23,24);6-7,15H,8-9H2,1-5H3;3-5H,1-2H2,(H2,13,14,15,16,17);2-3,9H,4-5H2,1H3;2*7-8H,1-4H3;1-2H;2-4H2,1H3;. The Morgan fingerprint density at radius 3 is 1.25 bits per heavy atom. The Labute approximate surface area is 732 Å². The minimum atomic E-state index is -3.61. The number of aliphatic hydroxyl groups is 4. The van der Waals surface area contributed by atoms with Gasteiger partial charge in [-0.25, -0.2) is 67.8 Å². The van der Waals surface area contributed by atoms with Crippen molar-refractivity contribution in [2.24, 2.45) is 5.73 Å². The second-order valence-electron chi connectivity index (χ2n) is 27.5. The number of sulfonamides is 3. The normalized spacial score (nSPS) is 14.6. The Bertz CT molecular complexity index is 4670. The van der Waals surface area contributed by atoms with Crippen LogP contribution in [0.5, 0.6) is 0 Å². The number of methoxy groups -OCH3 is 4. The Hall–Kier alpha value is -3.28. The van der Waals surface area contributed by atoms with Gasteiger partial charge in [0.25, 0.3) is 9.05 Å². The van der Waals surface area contributed by atoms with Gasteiger partial charge in [-0.2, -0.15) is 10.2 Å². The number of nitrogens with two attached hydrogens (primary N) is 1. The quantitative estimate of drug-likeness (QED) is 0.00938. The summed E-state index contributed by atoms with van der Waals surface area (Å²) in [5, 5.41) is 57.8. The van der Waals surface area contributed by atoms with Gasteiger partial charge in [0.15, 0.2) is 33.8 Å². The Kier molecular flexibility index (Phi) is 44.2. The van der Waals surface area contributed by atoms with E-state index < -0.39 is 79.8 Å². The highest BCUT2D eigenvalue weighted by molar-refractivity contribution is 9.11. The topological polar surface area (TPSA) is 468 Å². The summed E-state index contributed by atoms with van der Waals surface area (Å²) in [6.07, 6.45) is 7.83. The van der Waals surface area contributed by atoms with Gasteiger partial charge in [-0.05, 0) is 199 Å². The number of thiophene rings is 4. The van der Waals surface area contributed by atoms with Gasteiger partial charge in [0.05, 0.1) is 84.9 Å². The summed E-state index contributed by atoms with van der Waals surface area (Å²) in [4.78, 5) is 17.4. The Balaban J connectivity index is 0.000000358. The number of rotatable bonds is 28. The fourth-order valence-electron chi connectivity index (χ4n) is 7.44. The highest BCUT2D eigenvalue weighted by atomic mass is 79.9. The molecule has 32 nitrogen and oxygen atoms in total. The molecule has 1 aliphatic heterocycles. The van der Waals surface area contributed by atoms with Crippen molar-refractivity contribution < 1.29 is 82.4 Å². The molecule has 49 heteroatoms. The first-order valence-electron chi connectivity index (χ1n) is 34.5. The van der Waals surface area contributed by atoms with Crippen molar-refractivity contribution in [3.8, 4) is 10.7 Å². The summed E-state index contributed by atoms with van der Waals surface area (Å²) >= 11 is 26.2. The van der Waals surface area contributed by atoms with Crippen LogP contribution in [-0.2, 0) is 67.4 Å². The maximum absolute atomic E-state index is 12.3. The molecule has 3 aliphatic rings. The zero-order valence-corrected chi connectivity index (χ0v) is 79.7. The number of hydrogen-bond acceptors (Lipinski definition) is 31. The number of hydrogen-bond donors (Lipinski definition) is 12. The first-order chi connectivity index (χ1) is 53.2. The number of halogens is 6. The van der Waals surface area contributed by atoms with E-state index in [1.165, 1.54) is 82.9 Å². The lowest BCUT2D eigenvalue weighted by Crippen LogP contribution is -2.44. The van der Waals surface area contributed by atoms with E-state index in [-0.39, 0.29) is 32.3 Å². The maximum Gasteiger partial charge on any atom is 0.505 e. The van der Waals surface area contributed by atoms with Crippen molar-refractivity contribution in [2.45, 2.75) is 171 Å². The molecule has 4 radical (unpaired) electrons. The second-order valence-corrected chi connectivity index (χ2v) is 45.0. The van der Waals surface area contributed by atoms with Gasteiger partial charge < -0.3 is 65.0 Å². The van der Waals surface area contributed by atoms with Gasteiger partial charge in [0.2, 0.25) is 30.1 Å². The van der Waals surface area contributed by atoms with Gasteiger partial charge in [-0.15, -0.1) is 45.3 Å². The van der Waals surface area contributed by atoms with E-state index in [9.17, 15) is 33.7 Å². The molecule has 2 saturated carbocycles. The first kappa shape index (κ1) is 106. The highest BCUT2D eigenvalue weighted by Crippen LogP contribution is 2.42. The van der Waals surface area contributed by atoms with Crippen LogP contribution in [0.15, 0.2) is 102 Å². The lowest BCUT2D eigenvalue weighted by atomic mass is 9.81. The molecule has 115 heavy (non-hydrogen) atoms. The number of aromatic nitrogens is 8. The molecular weight excluding hydrogens is 1910 g/mol. The predicted octanol–water partition coefficient (Wildman–Crippen LogP) is 11.1. The number of H-pyrrole nitrogens is 2. The monoisotopic (exact) mass is 2010 g/mol. The molecule has 2 aliphatic carbocycles.